The number of nitrogens with zero attached hydrogens (tertiary/aromatic N) is 1. The number of thiophene rings is 1. The van der Waals surface area contributed by atoms with Crippen molar-refractivity contribution >= 4 is 22.9 Å². The molecule has 1 aliphatic carbocycles. The van der Waals surface area contributed by atoms with Crippen LogP contribution in [0, 0.1) is 6.92 Å². The second-order valence-corrected chi connectivity index (χ2v) is 5.65. The molecule has 1 N–H and O–H groups in total. The maximum absolute atomic E-state index is 12.4. The highest BCUT2D eigenvalue weighted by Crippen LogP contribution is 2.50. The molecule has 3 rings (SSSR count). The summed E-state index contributed by atoms with van der Waals surface area (Å²) in [6.45, 7) is 1.92. The molecule has 2 aromatic heterocycles. The zero-order valence-electron chi connectivity index (χ0n) is 10.1. The highest BCUT2D eigenvalue weighted by Gasteiger charge is 2.52. The fraction of sp³-hybridized carbons (Fsp3) is 0.286. The van der Waals surface area contributed by atoms with Gasteiger partial charge in [0.15, 0.2) is 0 Å². The lowest BCUT2D eigenvalue weighted by Crippen LogP contribution is -2.27. The van der Waals surface area contributed by atoms with Gasteiger partial charge < -0.3 is 5.32 Å². The number of anilines is 1. The van der Waals surface area contributed by atoms with E-state index in [1.807, 2.05) is 30.5 Å². The van der Waals surface area contributed by atoms with Crippen molar-refractivity contribution in [1.29, 1.82) is 0 Å². The minimum Gasteiger partial charge on any atom is -0.325 e. The first kappa shape index (κ1) is 11.4. The monoisotopic (exact) mass is 258 g/mol. The summed E-state index contributed by atoms with van der Waals surface area (Å²) < 4.78 is 0. The molecule has 92 valence electrons. The van der Waals surface area contributed by atoms with E-state index in [1.165, 1.54) is 4.88 Å². The molecule has 0 aliphatic heterocycles. The molecule has 1 fully saturated rings. The molecule has 1 saturated carbocycles. The SMILES string of the molecule is Cc1cc(NC(=O)C2(c3cccs3)CC2)ccn1. The Morgan fingerprint density at radius 1 is 1.44 bits per heavy atom. The van der Waals surface area contributed by atoms with E-state index in [0.717, 1.165) is 24.2 Å². The van der Waals surface area contributed by atoms with E-state index in [1.54, 1.807) is 17.5 Å². The normalized spacial score (nSPS) is 16.3. The van der Waals surface area contributed by atoms with E-state index in [2.05, 4.69) is 16.4 Å². The van der Waals surface area contributed by atoms with Crippen molar-refractivity contribution in [3.63, 3.8) is 0 Å². The van der Waals surface area contributed by atoms with Crippen LogP contribution >= 0.6 is 11.3 Å². The van der Waals surface area contributed by atoms with E-state index in [4.69, 9.17) is 0 Å². The van der Waals surface area contributed by atoms with Crippen LogP contribution in [-0.2, 0) is 10.2 Å². The summed E-state index contributed by atoms with van der Waals surface area (Å²) in [5, 5.41) is 5.03. The molecule has 4 heteroatoms. The zero-order chi connectivity index (χ0) is 12.6. The first-order chi connectivity index (χ1) is 8.71. The number of pyridine rings is 1. The molecular formula is C14H14N2OS. The summed E-state index contributed by atoms with van der Waals surface area (Å²) in [5.74, 6) is 0.107. The van der Waals surface area contributed by atoms with Crippen molar-refractivity contribution in [2.24, 2.45) is 0 Å². The van der Waals surface area contributed by atoms with Crippen LogP contribution in [0.2, 0.25) is 0 Å². The fourth-order valence-corrected chi connectivity index (χ4v) is 3.12. The largest absolute Gasteiger partial charge is 0.325 e. The lowest BCUT2D eigenvalue weighted by molar-refractivity contribution is -0.118. The minimum atomic E-state index is -0.272. The quantitative estimate of drug-likeness (QED) is 0.919. The Morgan fingerprint density at radius 3 is 2.89 bits per heavy atom. The molecule has 3 nitrogen and oxygen atoms in total. The molecule has 1 aliphatic rings. The molecule has 0 saturated heterocycles. The Labute approximate surface area is 110 Å². The Bertz CT molecular complexity index is 573. The number of hydrogen-bond acceptors (Lipinski definition) is 3. The predicted molar refractivity (Wildman–Crippen MR) is 72.8 cm³/mol. The van der Waals surface area contributed by atoms with Crippen LogP contribution in [-0.4, -0.2) is 10.9 Å². The van der Waals surface area contributed by atoms with Gasteiger partial charge in [-0.2, -0.15) is 0 Å². The topological polar surface area (TPSA) is 42.0 Å². The van der Waals surface area contributed by atoms with Gasteiger partial charge in [-0.05, 0) is 43.3 Å². The fourth-order valence-electron chi connectivity index (χ4n) is 2.14. The van der Waals surface area contributed by atoms with Gasteiger partial charge in [-0.25, -0.2) is 0 Å². The van der Waals surface area contributed by atoms with E-state index in [-0.39, 0.29) is 11.3 Å². The summed E-state index contributed by atoms with van der Waals surface area (Å²) in [4.78, 5) is 17.7. The molecule has 2 heterocycles. The Balaban J connectivity index is 1.80. The maximum Gasteiger partial charge on any atom is 0.235 e. The molecule has 0 atom stereocenters. The molecule has 0 bridgehead atoms. The molecule has 18 heavy (non-hydrogen) atoms. The third-order valence-electron chi connectivity index (χ3n) is 3.33. The molecular weight excluding hydrogens is 244 g/mol. The van der Waals surface area contributed by atoms with Crippen LogP contribution in [0.15, 0.2) is 35.8 Å². The summed E-state index contributed by atoms with van der Waals surface area (Å²) >= 11 is 1.66. The zero-order valence-corrected chi connectivity index (χ0v) is 11.0. The van der Waals surface area contributed by atoms with Gasteiger partial charge in [0.1, 0.15) is 0 Å². The second kappa shape index (κ2) is 4.21. The van der Waals surface area contributed by atoms with Gasteiger partial charge in [0, 0.05) is 22.5 Å². The summed E-state index contributed by atoms with van der Waals surface area (Å²) in [6, 6.07) is 7.77. The van der Waals surface area contributed by atoms with Crippen molar-refractivity contribution in [3.8, 4) is 0 Å². The number of carbonyl (C=O) groups is 1. The third-order valence-corrected chi connectivity index (χ3v) is 4.41. The van der Waals surface area contributed by atoms with Gasteiger partial charge in [0.05, 0.1) is 5.41 Å². The highest BCUT2D eigenvalue weighted by molar-refractivity contribution is 7.10. The Hall–Kier alpha value is -1.68. The smallest absolute Gasteiger partial charge is 0.235 e. The van der Waals surface area contributed by atoms with Crippen LogP contribution < -0.4 is 5.32 Å². The van der Waals surface area contributed by atoms with Gasteiger partial charge in [0.2, 0.25) is 5.91 Å². The number of carbonyl (C=O) groups excluding carboxylic acids is 1. The Morgan fingerprint density at radius 2 is 2.28 bits per heavy atom. The minimum absolute atomic E-state index is 0.107. The number of amides is 1. The molecule has 2 aromatic rings. The number of aromatic nitrogens is 1. The number of rotatable bonds is 3. The molecule has 0 spiro atoms. The molecule has 1 amide bonds. The highest BCUT2D eigenvalue weighted by atomic mass is 32.1. The van der Waals surface area contributed by atoms with Crippen LogP contribution in [0.4, 0.5) is 5.69 Å². The first-order valence-corrected chi connectivity index (χ1v) is 6.87. The molecule has 0 aromatic carbocycles. The average Bonchev–Trinajstić information content (AvgIpc) is 2.98. The van der Waals surface area contributed by atoms with Gasteiger partial charge in [-0.1, -0.05) is 6.07 Å². The van der Waals surface area contributed by atoms with Gasteiger partial charge in [0.25, 0.3) is 0 Å². The maximum atomic E-state index is 12.4. The van der Waals surface area contributed by atoms with E-state index < -0.39 is 0 Å². The van der Waals surface area contributed by atoms with Crippen molar-refractivity contribution in [3.05, 3.63) is 46.4 Å². The van der Waals surface area contributed by atoms with E-state index in [9.17, 15) is 4.79 Å². The second-order valence-electron chi connectivity index (χ2n) is 4.70. The Kier molecular flexibility index (Phi) is 2.67. The summed E-state index contributed by atoms with van der Waals surface area (Å²) in [6.07, 6.45) is 3.61. The van der Waals surface area contributed by atoms with Crippen molar-refractivity contribution in [2.45, 2.75) is 25.2 Å². The van der Waals surface area contributed by atoms with Crippen molar-refractivity contribution < 1.29 is 4.79 Å². The predicted octanol–water partition coefficient (Wildman–Crippen LogP) is 3.12. The van der Waals surface area contributed by atoms with Gasteiger partial charge in [-0.3, -0.25) is 9.78 Å². The standard InChI is InChI=1S/C14H14N2OS/c1-10-9-11(4-7-15-10)16-13(17)14(5-6-14)12-3-2-8-18-12/h2-4,7-9H,5-6H2,1H3,(H,15,16,17). The van der Waals surface area contributed by atoms with Crippen LogP contribution in [0.25, 0.3) is 0 Å². The van der Waals surface area contributed by atoms with E-state index >= 15 is 0 Å². The average molecular weight is 258 g/mol. The number of aryl methyl sites for hydroxylation is 1. The lowest BCUT2D eigenvalue weighted by Gasteiger charge is -2.13. The van der Waals surface area contributed by atoms with Gasteiger partial charge >= 0.3 is 0 Å². The third kappa shape index (κ3) is 1.93. The van der Waals surface area contributed by atoms with Crippen LogP contribution in [0.3, 0.4) is 0 Å². The van der Waals surface area contributed by atoms with Crippen molar-refractivity contribution in [1.82, 2.24) is 4.98 Å². The lowest BCUT2D eigenvalue weighted by atomic mass is 10.0. The summed E-state index contributed by atoms with van der Waals surface area (Å²) in [7, 11) is 0. The number of hydrogen-bond donors (Lipinski definition) is 1. The molecule has 0 unspecified atom stereocenters. The van der Waals surface area contributed by atoms with Gasteiger partial charge in [-0.15, -0.1) is 11.3 Å². The first-order valence-electron chi connectivity index (χ1n) is 5.99. The summed E-state index contributed by atoms with van der Waals surface area (Å²) in [5.41, 5.74) is 1.47. The molecule has 0 radical (unpaired) electrons. The van der Waals surface area contributed by atoms with Crippen LogP contribution in [0.1, 0.15) is 23.4 Å². The van der Waals surface area contributed by atoms with Crippen LogP contribution in [0.5, 0.6) is 0 Å². The van der Waals surface area contributed by atoms with E-state index in [0.29, 0.717) is 0 Å². The number of nitrogens with one attached hydrogen (secondary N) is 1. The van der Waals surface area contributed by atoms with Crippen molar-refractivity contribution in [2.75, 3.05) is 5.32 Å².